The molecule has 1 aliphatic heterocycles. The van der Waals surface area contributed by atoms with Gasteiger partial charge in [-0.05, 0) is 54.4 Å². The van der Waals surface area contributed by atoms with Gasteiger partial charge in [0.05, 0.1) is 6.04 Å². The van der Waals surface area contributed by atoms with Crippen LogP contribution in [0.15, 0.2) is 54.6 Å². The molecule has 182 valence electrons. The summed E-state index contributed by atoms with van der Waals surface area (Å²) in [5.41, 5.74) is 2.13. The Balaban J connectivity index is 1.47. The van der Waals surface area contributed by atoms with Gasteiger partial charge in [0.25, 0.3) is 5.91 Å². The van der Waals surface area contributed by atoms with Crippen LogP contribution in [-0.2, 0) is 25.5 Å². The summed E-state index contributed by atoms with van der Waals surface area (Å²) in [7, 11) is 0. The van der Waals surface area contributed by atoms with Gasteiger partial charge < -0.3 is 15.2 Å². The first kappa shape index (κ1) is 25.6. The number of phenols is 1. The number of carbonyl (C=O) groups excluding carboxylic acids is 3. The fourth-order valence-electron chi connectivity index (χ4n) is 4.17. The first-order chi connectivity index (χ1) is 16.2. The van der Waals surface area contributed by atoms with E-state index in [4.69, 9.17) is 4.74 Å². The van der Waals surface area contributed by atoms with Gasteiger partial charge in [-0.1, -0.05) is 63.2 Å². The van der Waals surface area contributed by atoms with Crippen molar-refractivity contribution in [1.29, 1.82) is 0 Å². The number of benzene rings is 2. The lowest BCUT2D eigenvalue weighted by Crippen LogP contribution is -2.44. The van der Waals surface area contributed by atoms with Crippen molar-refractivity contribution < 1.29 is 24.2 Å². The van der Waals surface area contributed by atoms with E-state index in [2.05, 4.69) is 5.32 Å². The number of phenolic OH excluding ortho intramolecular Hbond substituents is 1. The molecule has 6 nitrogen and oxygen atoms in total. The molecule has 0 radical (unpaired) electrons. The van der Waals surface area contributed by atoms with Crippen molar-refractivity contribution >= 4 is 17.5 Å². The summed E-state index contributed by atoms with van der Waals surface area (Å²) in [6.45, 7) is 6.04. The van der Waals surface area contributed by atoms with E-state index in [1.54, 1.807) is 12.1 Å². The van der Waals surface area contributed by atoms with Crippen molar-refractivity contribution in [3.8, 4) is 5.75 Å². The monoisotopic (exact) mass is 465 g/mol. The van der Waals surface area contributed by atoms with Gasteiger partial charge >= 0.3 is 0 Å². The van der Waals surface area contributed by atoms with Gasteiger partial charge in [-0.2, -0.15) is 0 Å². The molecule has 34 heavy (non-hydrogen) atoms. The van der Waals surface area contributed by atoms with Gasteiger partial charge in [-0.3, -0.25) is 14.4 Å². The Hall–Kier alpha value is -2.99. The van der Waals surface area contributed by atoms with E-state index in [0.717, 1.165) is 11.1 Å². The molecule has 4 atom stereocenters. The Labute approximate surface area is 201 Å². The summed E-state index contributed by atoms with van der Waals surface area (Å²) in [5, 5.41) is 12.2. The SMILES string of the molecule is CC(C)C[C@H](NC(=O)C1OC1C(=O)CCCc1ccc(O)cc1)C(=O)C[C@H](C)c1ccccc1. The Morgan fingerprint density at radius 2 is 1.65 bits per heavy atom. The smallest absolute Gasteiger partial charge is 0.252 e. The molecule has 0 saturated carbocycles. The van der Waals surface area contributed by atoms with Crippen LogP contribution in [0.4, 0.5) is 0 Å². The second-order valence-corrected chi connectivity index (χ2v) is 9.64. The molecule has 0 aliphatic carbocycles. The van der Waals surface area contributed by atoms with Gasteiger partial charge in [0.2, 0.25) is 0 Å². The minimum atomic E-state index is -0.810. The summed E-state index contributed by atoms with van der Waals surface area (Å²) in [5.74, 6) is 0.0188. The van der Waals surface area contributed by atoms with Crippen LogP contribution in [0, 0.1) is 5.92 Å². The molecule has 1 heterocycles. The minimum Gasteiger partial charge on any atom is -0.508 e. The van der Waals surface area contributed by atoms with Crippen molar-refractivity contribution in [2.45, 2.75) is 77.0 Å². The molecule has 1 fully saturated rings. The number of Topliss-reactive ketones (excluding diaryl/α,β-unsaturated/α-hetero) is 2. The molecule has 1 amide bonds. The van der Waals surface area contributed by atoms with E-state index in [-0.39, 0.29) is 35.1 Å². The van der Waals surface area contributed by atoms with Crippen LogP contribution in [0.5, 0.6) is 5.75 Å². The van der Waals surface area contributed by atoms with Crippen molar-refractivity contribution in [2.75, 3.05) is 0 Å². The zero-order valence-electron chi connectivity index (χ0n) is 20.2. The quantitative estimate of drug-likeness (QED) is 0.429. The molecule has 0 aromatic heterocycles. The van der Waals surface area contributed by atoms with Crippen LogP contribution in [0.25, 0.3) is 0 Å². The highest BCUT2D eigenvalue weighted by Crippen LogP contribution is 2.26. The largest absolute Gasteiger partial charge is 0.508 e. The van der Waals surface area contributed by atoms with E-state index >= 15 is 0 Å². The van der Waals surface area contributed by atoms with Crippen LogP contribution in [0.2, 0.25) is 0 Å². The lowest BCUT2D eigenvalue weighted by molar-refractivity contribution is -0.129. The molecule has 3 rings (SSSR count). The normalized spacial score (nSPS) is 18.8. The van der Waals surface area contributed by atoms with Crippen molar-refractivity contribution in [3.63, 3.8) is 0 Å². The number of ketones is 2. The predicted octanol–water partition coefficient (Wildman–Crippen LogP) is 4.35. The van der Waals surface area contributed by atoms with E-state index in [0.29, 0.717) is 32.1 Å². The average molecular weight is 466 g/mol. The van der Waals surface area contributed by atoms with Crippen molar-refractivity contribution in [3.05, 3.63) is 65.7 Å². The lowest BCUT2D eigenvalue weighted by atomic mass is 9.90. The van der Waals surface area contributed by atoms with Crippen molar-refractivity contribution in [2.24, 2.45) is 5.92 Å². The van der Waals surface area contributed by atoms with Crippen LogP contribution in [0.3, 0.4) is 0 Å². The van der Waals surface area contributed by atoms with E-state index in [1.165, 1.54) is 0 Å². The van der Waals surface area contributed by atoms with Gasteiger partial charge in [0.1, 0.15) is 5.75 Å². The topological polar surface area (TPSA) is 96.0 Å². The highest BCUT2D eigenvalue weighted by atomic mass is 16.6. The molecular formula is C28H35NO5. The first-order valence-electron chi connectivity index (χ1n) is 12.1. The molecule has 1 aliphatic rings. The van der Waals surface area contributed by atoms with Crippen molar-refractivity contribution in [1.82, 2.24) is 5.32 Å². The predicted molar refractivity (Wildman–Crippen MR) is 131 cm³/mol. The molecule has 2 N–H and O–H groups in total. The third kappa shape index (κ3) is 7.52. The second-order valence-electron chi connectivity index (χ2n) is 9.64. The average Bonchev–Trinajstić information content (AvgIpc) is 3.61. The lowest BCUT2D eigenvalue weighted by Gasteiger charge is -2.21. The fourth-order valence-corrected chi connectivity index (χ4v) is 4.17. The Morgan fingerprint density at radius 3 is 2.29 bits per heavy atom. The molecule has 0 spiro atoms. The van der Waals surface area contributed by atoms with Gasteiger partial charge in [-0.15, -0.1) is 0 Å². The number of hydrogen-bond donors (Lipinski definition) is 2. The van der Waals surface area contributed by atoms with Gasteiger partial charge in [-0.25, -0.2) is 0 Å². The van der Waals surface area contributed by atoms with Crippen LogP contribution >= 0.6 is 0 Å². The summed E-state index contributed by atoms with van der Waals surface area (Å²) in [4.78, 5) is 38.2. The number of amides is 1. The van der Waals surface area contributed by atoms with E-state index in [9.17, 15) is 19.5 Å². The number of ether oxygens (including phenoxy) is 1. The van der Waals surface area contributed by atoms with E-state index in [1.807, 2.05) is 63.2 Å². The molecule has 0 bridgehead atoms. The Bertz CT molecular complexity index is 970. The summed E-state index contributed by atoms with van der Waals surface area (Å²) >= 11 is 0. The zero-order valence-corrected chi connectivity index (χ0v) is 20.2. The summed E-state index contributed by atoms with van der Waals surface area (Å²) in [6, 6.07) is 16.2. The van der Waals surface area contributed by atoms with Crippen LogP contribution in [0.1, 0.15) is 63.5 Å². The molecule has 2 unspecified atom stereocenters. The summed E-state index contributed by atoms with van der Waals surface area (Å²) in [6.07, 6.45) is 1.02. The first-order valence-corrected chi connectivity index (χ1v) is 12.1. The number of aromatic hydroxyl groups is 1. The fraction of sp³-hybridized carbons (Fsp3) is 0.464. The summed E-state index contributed by atoms with van der Waals surface area (Å²) < 4.78 is 5.39. The number of rotatable bonds is 13. The Kier molecular flexibility index (Phi) is 8.99. The molecular weight excluding hydrogens is 430 g/mol. The number of hydrogen-bond acceptors (Lipinski definition) is 5. The van der Waals surface area contributed by atoms with Crippen LogP contribution < -0.4 is 5.32 Å². The van der Waals surface area contributed by atoms with E-state index < -0.39 is 18.2 Å². The molecule has 1 saturated heterocycles. The maximum atomic E-state index is 13.0. The molecule has 2 aromatic carbocycles. The molecule has 2 aromatic rings. The van der Waals surface area contributed by atoms with Gasteiger partial charge in [0, 0.05) is 12.8 Å². The molecule has 6 heteroatoms. The maximum Gasteiger partial charge on any atom is 0.252 e. The standard InChI is InChI=1S/C28H35NO5/c1-18(2)16-23(25(32)17-19(3)21-9-5-4-6-10-21)29-28(33)27-26(34-27)24(31)11-7-8-20-12-14-22(30)15-13-20/h4-6,9-10,12-15,18-19,23,26-27,30H,7-8,11,16-17H2,1-3H3,(H,29,33)/t19-,23-,26?,27?/m0/s1. The number of aryl methyl sites for hydroxylation is 1. The van der Waals surface area contributed by atoms with Crippen LogP contribution in [-0.4, -0.2) is 40.8 Å². The van der Waals surface area contributed by atoms with Gasteiger partial charge in [0.15, 0.2) is 23.8 Å². The zero-order chi connectivity index (χ0) is 24.7. The highest BCUT2D eigenvalue weighted by Gasteiger charge is 2.50. The Morgan fingerprint density at radius 1 is 0.971 bits per heavy atom. The maximum absolute atomic E-state index is 13.0. The second kappa shape index (κ2) is 11.9. The highest BCUT2D eigenvalue weighted by molar-refractivity contribution is 5.98. The third-order valence-corrected chi connectivity index (χ3v) is 6.18. The minimum absolute atomic E-state index is 0.00386. The number of carbonyl (C=O) groups is 3. The number of nitrogens with one attached hydrogen (secondary N) is 1. The number of epoxide rings is 1. The third-order valence-electron chi connectivity index (χ3n) is 6.18.